The first kappa shape index (κ1) is 10.6. The topological polar surface area (TPSA) is 38.7 Å². The average Bonchev–Trinajstić information content (AvgIpc) is 2.25. The smallest absolute Gasteiger partial charge is 0.234 e. The van der Waals surface area contributed by atoms with Gasteiger partial charge in [-0.1, -0.05) is 30.3 Å². The summed E-state index contributed by atoms with van der Waals surface area (Å²) in [5.41, 5.74) is 1.13. The first-order valence-corrected chi connectivity index (χ1v) is 4.46. The highest BCUT2D eigenvalue weighted by Gasteiger charge is 2.09. The number of benzene rings is 1. The number of ether oxygens (including phenoxy) is 1. The summed E-state index contributed by atoms with van der Waals surface area (Å²) in [5, 5.41) is 0. The van der Waals surface area contributed by atoms with Crippen LogP contribution in [-0.4, -0.2) is 26.3 Å². The molecular weight excluding hydrogens is 178 g/mol. The Kier molecular flexibility index (Phi) is 4.62. The van der Waals surface area contributed by atoms with Gasteiger partial charge in [0.05, 0.1) is 13.2 Å². The van der Waals surface area contributed by atoms with Crippen molar-refractivity contribution in [1.82, 2.24) is 0 Å². The Balaban J connectivity index is 2.71. The molecule has 0 heterocycles. The fourth-order valence-electron chi connectivity index (χ4n) is 1.33. The Morgan fingerprint density at radius 2 is 2.14 bits per heavy atom. The van der Waals surface area contributed by atoms with E-state index >= 15 is 0 Å². The zero-order chi connectivity index (χ0) is 10.2. The highest BCUT2D eigenvalue weighted by Crippen LogP contribution is 2.15. The number of rotatable bonds is 5. The monoisotopic (exact) mass is 191 g/mol. The van der Waals surface area contributed by atoms with E-state index in [1.54, 1.807) is 13.2 Å². The van der Waals surface area contributed by atoms with Crippen molar-refractivity contribution in [3.63, 3.8) is 0 Å². The van der Waals surface area contributed by atoms with Gasteiger partial charge in [-0.15, -0.1) is 0 Å². The minimum Gasteiger partial charge on any atom is -0.384 e. The van der Waals surface area contributed by atoms with E-state index < -0.39 is 0 Å². The molecule has 0 spiro atoms. The number of isocyanates is 1. The molecule has 0 amide bonds. The molecular formula is C11H13NO2. The molecule has 0 N–H and O–H groups in total. The third kappa shape index (κ3) is 3.13. The zero-order valence-corrected chi connectivity index (χ0v) is 8.14. The van der Waals surface area contributed by atoms with Gasteiger partial charge in [0, 0.05) is 13.0 Å². The summed E-state index contributed by atoms with van der Waals surface area (Å²) in [4.78, 5) is 13.6. The van der Waals surface area contributed by atoms with Crippen molar-refractivity contribution >= 4 is 6.08 Å². The van der Waals surface area contributed by atoms with Crippen molar-refractivity contribution in [3.8, 4) is 0 Å². The highest BCUT2D eigenvalue weighted by atomic mass is 16.5. The molecule has 1 aromatic rings. The van der Waals surface area contributed by atoms with Gasteiger partial charge in [0.25, 0.3) is 0 Å². The zero-order valence-electron chi connectivity index (χ0n) is 8.14. The van der Waals surface area contributed by atoms with Crippen LogP contribution in [0.3, 0.4) is 0 Å². The Labute approximate surface area is 83.4 Å². The fourth-order valence-corrected chi connectivity index (χ4v) is 1.33. The van der Waals surface area contributed by atoms with Crippen LogP contribution in [0.15, 0.2) is 35.3 Å². The number of aliphatic imine (C=N–C) groups is 1. The Morgan fingerprint density at radius 3 is 2.71 bits per heavy atom. The van der Waals surface area contributed by atoms with Gasteiger partial charge >= 0.3 is 0 Å². The maximum Gasteiger partial charge on any atom is 0.234 e. The quantitative estimate of drug-likeness (QED) is 0.525. The molecule has 3 nitrogen and oxygen atoms in total. The van der Waals surface area contributed by atoms with E-state index in [2.05, 4.69) is 4.99 Å². The van der Waals surface area contributed by atoms with Crippen LogP contribution in [0, 0.1) is 0 Å². The van der Waals surface area contributed by atoms with E-state index in [0.717, 1.165) is 5.56 Å². The predicted octanol–water partition coefficient (Wildman–Crippen LogP) is 1.75. The number of methoxy groups -OCH3 is 1. The highest BCUT2D eigenvalue weighted by molar-refractivity contribution is 5.33. The number of nitrogens with zero attached hydrogens (tertiary/aromatic N) is 1. The summed E-state index contributed by atoms with van der Waals surface area (Å²) in [6.45, 7) is 0.997. The third-order valence-corrected chi connectivity index (χ3v) is 2.02. The Hall–Kier alpha value is -1.44. The molecule has 0 aliphatic rings. The van der Waals surface area contributed by atoms with E-state index in [1.807, 2.05) is 30.3 Å². The van der Waals surface area contributed by atoms with Crippen molar-refractivity contribution in [3.05, 3.63) is 35.9 Å². The summed E-state index contributed by atoms with van der Waals surface area (Å²) < 4.78 is 5.07. The molecule has 0 aliphatic heterocycles. The number of hydrogen-bond donors (Lipinski definition) is 0. The largest absolute Gasteiger partial charge is 0.384 e. The van der Waals surface area contributed by atoms with E-state index in [4.69, 9.17) is 4.74 Å². The molecule has 0 aliphatic carbocycles. The van der Waals surface area contributed by atoms with Crippen LogP contribution >= 0.6 is 0 Å². The van der Waals surface area contributed by atoms with Crippen LogP contribution in [-0.2, 0) is 9.53 Å². The molecule has 0 fully saturated rings. The molecule has 1 rings (SSSR count). The molecule has 0 saturated carbocycles. The fraction of sp³-hybridized carbons (Fsp3) is 0.364. The summed E-state index contributed by atoms with van der Waals surface area (Å²) in [5.74, 6) is 0.141. The lowest BCUT2D eigenvalue weighted by Crippen LogP contribution is -2.09. The molecule has 0 bridgehead atoms. The van der Waals surface area contributed by atoms with Crippen LogP contribution in [0.5, 0.6) is 0 Å². The van der Waals surface area contributed by atoms with Crippen molar-refractivity contribution in [2.45, 2.75) is 5.92 Å². The average molecular weight is 191 g/mol. The second-order valence-corrected chi connectivity index (χ2v) is 2.99. The molecule has 0 saturated heterocycles. The SMILES string of the molecule is COCC(CN=C=O)c1ccccc1. The van der Waals surface area contributed by atoms with Gasteiger partial charge in [0.15, 0.2) is 0 Å². The van der Waals surface area contributed by atoms with E-state index in [0.29, 0.717) is 13.2 Å². The second-order valence-electron chi connectivity index (χ2n) is 2.99. The lowest BCUT2D eigenvalue weighted by molar-refractivity contribution is 0.181. The number of carbonyl (C=O) groups excluding carboxylic acids is 1. The van der Waals surface area contributed by atoms with Crippen molar-refractivity contribution in [2.24, 2.45) is 4.99 Å². The second kappa shape index (κ2) is 6.08. The van der Waals surface area contributed by atoms with E-state index in [9.17, 15) is 4.79 Å². The lowest BCUT2D eigenvalue weighted by Gasteiger charge is -2.12. The van der Waals surface area contributed by atoms with Crippen LogP contribution in [0.4, 0.5) is 0 Å². The van der Waals surface area contributed by atoms with Crippen LogP contribution in [0.25, 0.3) is 0 Å². The van der Waals surface area contributed by atoms with Crippen LogP contribution < -0.4 is 0 Å². The van der Waals surface area contributed by atoms with Crippen molar-refractivity contribution in [2.75, 3.05) is 20.3 Å². The first-order chi connectivity index (χ1) is 6.88. The van der Waals surface area contributed by atoms with Crippen molar-refractivity contribution in [1.29, 1.82) is 0 Å². The van der Waals surface area contributed by atoms with Gasteiger partial charge in [-0.25, -0.2) is 9.79 Å². The molecule has 14 heavy (non-hydrogen) atoms. The summed E-state index contributed by atoms with van der Waals surface area (Å²) >= 11 is 0. The normalized spacial score (nSPS) is 11.8. The maximum atomic E-state index is 10.0. The maximum absolute atomic E-state index is 10.0. The molecule has 0 radical (unpaired) electrons. The summed E-state index contributed by atoms with van der Waals surface area (Å²) in [6.07, 6.45) is 1.55. The Bertz CT molecular complexity index is 304. The summed E-state index contributed by atoms with van der Waals surface area (Å²) in [7, 11) is 1.64. The molecule has 1 aromatic carbocycles. The van der Waals surface area contributed by atoms with E-state index in [1.165, 1.54) is 0 Å². The number of hydrogen-bond acceptors (Lipinski definition) is 3. The summed E-state index contributed by atoms with van der Waals surface area (Å²) in [6, 6.07) is 9.88. The van der Waals surface area contributed by atoms with Crippen molar-refractivity contribution < 1.29 is 9.53 Å². The van der Waals surface area contributed by atoms with Gasteiger partial charge in [-0.2, -0.15) is 0 Å². The molecule has 1 unspecified atom stereocenters. The Morgan fingerprint density at radius 1 is 1.43 bits per heavy atom. The van der Waals surface area contributed by atoms with Gasteiger partial charge in [0.2, 0.25) is 6.08 Å². The van der Waals surface area contributed by atoms with Gasteiger partial charge in [-0.05, 0) is 5.56 Å². The first-order valence-electron chi connectivity index (χ1n) is 4.46. The molecule has 1 atom stereocenters. The third-order valence-electron chi connectivity index (χ3n) is 2.02. The van der Waals surface area contributed by atoms with Crippen LogP contribution in [0.1, 0.15) is 11.5 Å². The molecule has 3 heteroatoms. The molecule has 0 aromatic heterocycles. The minimum atomic E-state index is 0.141. The lowest BCUT2D eigenvalue weighted by atomic mass is 10.0. The standard InChI is InChI=1S/C11H13NO2/c1-14-8-11(7-12-9-13)10-5-3-2-4-6-10/h2-6,11H,7-8H2,1H3. The van der Waals surface area contributed by atoms with Crippen LogP contribution in [0.2, 0.25) is 0 Å². The van der Waals surface area contributed by atoms with Gasteiger partial charge in [0.1, 0.15) is 0 Å². The van der Waals surface area contributed by atoms with Gasteiger partial charge < -0.3 is 4.74 Å². The van der Waals surface area contributed by atoms with E-state index in [-0.39, 0.29) is 5.92 Å². The van der Waals surface area contributed by atoms with Gasteiger partial charge in [-0.3, -0.25) is 0 Å². The minimum absolute atomic E-state index is 0.141. The molecule has 74 valence electrons. The predicted molar refractivity (Wildman–Crippen MR) is 54.0 cm³/mol.